The molecule has 0 aromatic heterocycles. The van der Waals surface area contributed by atoms with Gasteiger partial charge in [-0.25, -0.2) is 0 Å². The Balaban J connectivity index is 2.18. The highest BCUT2D eigenvalue weighted by atomic mass is 16.7. The Morgan fingerprint density at radius 3 is 2.56 bits per heavy atom. The minimum atomic E-state index is -0.166. The summed E-state index contributed by atoms with van der Waals surface area (Å²) in [5.41, 5.74) is 1.04. The Morgan fingerprint density at radius 2 is 1.94 bits per heavy atom. The van der Waals surface area contributed by atoms with E-state index >= 15 is 0 Å². The molecular formula is C12H16O4. The summed E-state index contributed by atoms with van der Waals surface area (Å²) in [6.45, 7) is 1.33. The number of para-hydroxylation sites is 1. The van der Waals surface area contributed by atoms with E-state index in [2.05, 4.69) is 0 Å². The van der Waals surface area contributed by atoms with Gasteiger partial charge < -0.3 is 18.9 Å². The van der Waals surface area contributed by atoms with E-state index in [1.54, 1.807) is 14.2 Å². The van der Waals surface area contributed by atoms with Crippen molar-refractivity contribution in [1.29, 1.82) is 0 Å². The van der Waals surface area contributed by atoms with E-state index in [-0.39, 0.29) is 6.29 Å². The molecule has 4 nitrogen and oxygen atoms in total. The average molecular weight is 224 g/mol. The normalized spacial score (nSPS) is 16.4. The van der Waals surface area contributed by atoms with Crippen LogP contribution in [0.5, 0.6) is 11.5 Å². The molecule has 0 N–H and O–H groups in total. The average Bonchev–Trinajstić information content (AvgIpc) is 2.81. The maximum Gasteiger partial charge on any atom is 0.164 e. The van der Waals surface area contributed by atoms with Crippen LogP contribution in [0.25, 0.3) is 0 Å². The predicted octanol–water partition coefficient (Wildman–Crippen LogP) is 1.62. The lowest BCUT2D eigenvalue weighted by Gasteiger charge is -2.14. The molecule has 1 aliphatic rings. The first-order valence-electron chi connectivity index (χ1n) is 5.28. The largest absolute Gasteiger partial charge is 0.493 e. The first-order valence-corrected chi connectivity index (χ1v) is 5.28. The highest BCUT2D eigenvalue weighted by molar-refractivity contribution is 5.46. The van der Waals surface area contributed by atoms with Gasteiger partial charge in [0.2, 0.25) is 0 Å². The van der Waals surface area contributed by atoms with E-state index in [1.165, 1.54) is 0 Å². The molecule has 1 saturated heterocycles. The molecule has 0 spiro atoms. The van der Waals surface area contributed by atoms with Gasteiger partial charge in [0.15, 0.2) is 17.8 Å². The Hall–Kier alpha value is -1.26. The second kappa shape index (κ2) is 5.18. The first kappa shape index (κ1) is 11.2. The van der Waals surface area contributed by atoms with Crippen LogP contribution in [0.4, 0.5) is 0 Å². The van der Waals surface area contributed by atoms with Crippen LogP contribution in [0.3, 0.4) is 0 Å². The van der Waals surface area contributed by atoms with Crippen molar-refractivity contribution < 1.29 is 18.9 Å². The summed E-state index contributed by atoms with van der Waals surface area (Å²) in [6.07, 6.45) is 0.515. The van der Waals surface area contributed by atoms with Gasteiger partial charge in [-0.3, -0.25) is 0 Å². The minimum Gasteiger partial charge on any atom is -0.493 e. The summed E-state index contributed by atoms with van der Waals surface area (Å²) in [5, 5.41) is 0. The van der Waals surface area contributed by atoms with Crippen molar-refractivity contribution in [1.82, 2.24) is 0 Å². The Labute approximate surface area is 95.1 Å². The zero-order valence-corrected chi connectivity index (χ0v) is 9.56. The van der Waals surface area contributed by atoms with Crippen molar-refractivity contribution in [3.8, 4) is 11.5 Å². The van der Waals surface area contributed by atoms with Crippen LogP contribution < -0.4 is 9.47 Å². The zero-order valence-electron chi connectivity index (χ0n) is 9.56. The minimum absolute atomic E-state index is 0.166. The third kappa shape index (κ3) is 2.28. The number of hydrogen-bond acceptors (Lipinski definition) is 4. The molecule has 16 heavy (non-hydrogen) atoms. The van der Waals surface area contributed by atoms with Gasteiger partial charge in [0.25, 0.3) is 0 Å². The second-order valence-corrected chi connectivity index (χ2v) is 3.53. The van der Waals surface area contributed by atoms with Crippen molar-refractivity contribution in [3.05, 3.63) is 23.8 Å². The molecule has 1 aromatic rings. The molecule has 0 aliphatic carbocycles. The number of rotatable bonds is 4. The van der Waals surface area contributed by atoms with E-state index < -0.39 is 0 Å². The second-order valence-electron chi connectivity index (χ2n) is 3.53. The number of methoxy groups -OCH3 is 2. The summed E-state index contributed by atoms with van der Waals surface area (Å²) in [6, 6.07) is 5.80. The van der Waals surface area contributed by atoms with Crippen LogP contribution in [-0.2, 0) is 15.9 Å². The third-order valence-electron chi connectivity index (χ3n) is 2.56. The van der Waals surface area contributed by atoms with Crippen molar-refractivity contribution in [2.45, 2.75) is 12.7 Å². The predicted molar refractivity (Wildman–Crippen MR) is 58.9 cm³/mol. The maximum absolute atomic E-state index is 5.41. The molecule has 1 heterocycles. The van der Waals surface area contributed by atoms with Gasteiger partial charge in [0, 0.05) is 12.0 Å². The standard InChI is InChI=1S/C12H16O4/c1-13-10-5-3-4-9(12(10)14-2)8-11-15-6-7-16-11/h3-5,11H,6-8H2,1-2H3. The van der Waals surface area contributed by atoms with Crippen LogP contribution in [-0.4, -0.2) is 33.7 Å². The topological polar surface area (TPSA) is 36.9 Å². The molecule has 0 radical (unpaired) electrons. The van der Waals surface area contributed by atoms with Gasteiger partial charge in [0.1, 0.15) is 0 Å². The Kier molecular flexibility index (Phi) is 3.64. The fourth-order valence-electron chi connectivity index (χ4n) is 1.82. The Morgan fingerprint density at radius 1 is 1.19 bits per heavy atom. The van der Waals surface area contributed by atoms with Crippen LogP contribution in [0.1, 0.15) is 5.56 Å². The highest BCUT2D eigenvalue weighted by Gasteiger charge is 2.19. The quantitative estimate of drug-likeness (QED) is 0.778. The third-order valence-corrected chi connectivity index (χ3v) is 2.56. The molecule has 1 aliphatic heterocycles. The van der Waals surface area contributed by atoms with Crippen molar-refractivity contribution in [2.24, 2.45) is 0 Å². The van der Waals surface area contributed by atoms with Gasteiger partial charge in [-0.1, -0.05) is 12.1 Å². The molecule has 0 bridgehead atoms. The summed E-state index contributed by atoms with van der Waals surface area (Å²) >= 11 is 0. The van der Waals surface area contributed by atoms with E-state index in [9.17, 15) is 0 Å². The molecule has 0 atom stereocenters. The fourth-order valence-corrected chi connectivity index (χ4v) is 1.82. The smallest absolute Gasteiger partial charge is 0.164 e. The van der Waals surface area contributed by atoms with Crippen molar-refractivity contribution in [2.75, 3.05) is 27.4 Å². The molecule has 0 saturated carbocycles. The van der Waals surface area contributed by atoms with Gasteiger partial charge in [-0.2, -0.15) is 0 Å². The molecule has 0 unspecified atom stereocenters. The number of benzene rings is 1. The van der Waals surface area contributed by atoms with Crippen molar-refractivity contribution in [3.63, 3.8) is 0 Å². The van der Waals surface area contributed by atoms with E-state index in [4.69, 9.17) is 18.9 Å². The molecule has 1 fully saturated rings. The van der Waals surface area contributed by atoms with Gasteiger partial charge >= 0.3 is 0 Å². The monoisotopic (exact) mass is 224 g/mol. The van der Waals surface area contributed by atoms with E-state index in [0.717, 1.165) is 17.1 Å². The molecule has 88 valence electrons. The Bertz CT molecular complexity index is 345. The van der Waals surface area contributed by atoms with Gasteiger partial charge in [-0.15, -0.1) is 0 Å². The first-order chi connectivity index (χ1) is 7.85. The van der Waals surface area contributed by atoms with Gasteiger partial charge in [-0.05, 0) is 6.07 Å². The molecule has 0 amide bonds. The molecule has 4 heteroatoms. The lowest BCUT2D eigenvalue weighted by Crippen LogP contribution is -2.12. The summed E-state index contributed by atoms with van der Waals surface area (Å²) in [4.78, 5) is 0. The SMILES string of the molecule is COc1cccc(CC2OCCO2)c1OC. The van der Waals surface area contributed by atoms with Gasteiger partial charge in [0.05, 0.1) is 27.4 Å². The zero-order chi connectivity index (χ0) is 11.4. The van der Waals surface area contributed by atoms with Crippen LogP contribution in [0.15, 0.2) is 18.2 Å². The number of hydrogen-bond donors (Lipinski definition) is 0. The van der Waals surface area contributed by atoms with Crippen LogP contribution >= 0.6 is 0 Å². The summed E-state index contributed by atoms with van der Waals surface area (Å²) in [7, 11) is 3.27. The molecular weight excluding hydrogens is 208 g/mol. The lowest BCUT2D eigenvalue weighted by atomic mass is 10.1. The van der Waals surface area contributed by atoms with E-state index in [1.807, 2.05) is 18.2 Å². The van der Waals surface area contributed by atoms with E-state index in [0.29, 0.717) is 19.6 Å². The molecule has 2 rings (SSSR count). The van der Waals surface area contributed by atoms with Crippen LogP contribution in [0.2, 0.25) is 0 Å². The fraction of sp³-hybridized carbons (Fsp3) is 0.500. The highest BCUT2D eigenvalue weighted by Crippen LogP contribution is 2.32. The molecule has 1 aromatic carbocycles. The maximum atomic E-state index is 5.41. The number of ether oxygens (including phenoxy) is 4. The summed E-state index contributed by atoms with van der Waals surface area (Å²) < 4.78 is 21.4. The lowest BCUT2D eigenvalue weighted by molar-refractivity contribution is -0.0403. The van der Waals surface area contributed by atoms with Crippen LogP contribution in [0, 0.1) is 0 Å². The van der Waals surface area contributed by atoms with Crippen molar-refractivity contribution >= 4 is 0 Å². The summed E-state index contributed by atoms with van der Waals surface area (Å²) in [5.74, 6) is 1.49.